The van der Waals surface area contributed by atoms with Crippen molar-refractivity contribution in [2.24, 2.45) is 0 Å². The molecule has 11 heteroatoms. The van der Waals surface area contributed by atoms with Crippen LogP contribution in [-0.2, 0) is 10.5 Å². The van der Waals surface area contributed by atoms with Crippen LogP contribution in [0, 0.1) is 0 Å². The Kier molecular flexibility index (Phi) is 5.86. The van der Waals surface area contributed by atoms with Gasteiger partial charge >= 0.3 is 0 Å². The van der Waals surface area contributed by atoms with Crippen molar-refractivity contribution in [2.45, 2.75) is 10.9 Å². The molecule has 28 heavy (non-hydrogen) atoms. The topological polar surface area (TPSA) is 103 Å². The lowest BCUT2D eigenvalue weighted by atomic mass is 10.2. The van der Waals surface area contributed by atoms with E-state index in [2.05, 4.69) is 19.9 Å². The standard InChI is InChI=1S/C17H16Cl2N6O2S/c18-10-1-2-12(19)11(7-10)13-8-21-14(27-13)9-28-17-23-15(20)22-16(24-17)25-3-5-26-6-4-25/h1-2,7-8H,3-6,9H2,(H2,20,22,23,24). The van der Waals surface area contributed by atoms with Crippen molar-refractivity contribution in [3.8, 4) is 11.3 Å². The average molecular weight is 439 g/mol. The molecule has 0 atom stereocenters. The highest BCUT2D eigenvalue weighted by Gasteiger charge is 2.17. The number of hydrogen-bond donors (Lipinski definition) is 1. The van der Waals surface area contributed by atoms with E-state index in [9.17, 15) is 0 Å². The average Bonchev–Trinajstić information content (AvgIpc) is 3.17. The van der Waals surface area contributed by atoms with Crippen LogP contribution in [0.15, 0.2) is 34.0 Å². The van der Waals surface area contributed by atoms with Gasteiger partial charge in [0.2, 0.25) is 17.8 Å². The van der Waals surface area contributed by atoms with Gasteiger partial charge in [0, 0.05) is 23.7 Å². The molecular formula is C17H16Cl2N6O2S. The Morgan fingerprint density at radius 3 is 2.79 bits per heavy atom. The highest BCUT2D eigenvalue weighted by molar-refractivity contribution is 7.98. The predicted molar refractivity (Wildman–Crippen MR) is 109 cm³/mol. The van der Waals surface area contributed by atoms with Crippen LogP contribution in [0.2, 0.25) is 10.0 Å². The summed E-state index contributed by atoms with van der Waals surface area (Å²) in [5.74, 6) is 2.23. The largest absolute Gasteiger partial charge is 0.440 e. The van der Waals surface area contributed by atoms with E-state index in [4.69, 9.17) is 38.1 Å². The van der Waals surface area contributed by atoms with Crippen LogP contribution in [0.4, 0.5) is 11.9 Å². The van der Waals surface area contributed by atoms with Crippen molar-refractivity contribution in [3.05, 3.63) is 40.3 Å². The number of morpholine rings is 1. The maximum Gasteiger partial charge on any atom is 0.231 e. The van der Waals surface area contributed by atoms with Gasteiger partial charge in [-0.2, -0.15) is 15.0 Å². The molecule has 1 fully saturated rings. The minimum absolute atomic E-state index is 0.179. The van der Waals surface area contributed by atoms with Gasteiger partial charge in [-0.3, -0.25) is 0 Å². The summed E-state index contributed by atoms with van der Waals surface area (Å²) < 4.78 is 11.2. The van der Waals surface area contributed by atoms with Crippen molar-refractivity contribution in [1.29, 1.82) is 0 Å². The molecule has 1 aliphatic heterocycles. The van der Waals surface area contributed by atoms with Gasteiger partial charge in [0.05, 0.1) is 30.2 Å². The van der Waals surface area contributed by atoms with Crippen LogP contribution in [0.1, 0.15) is 5.89 Å². The molecule has 3 aromatic rings. The lowest BCUT2D eigenvalue weighted by Gasteiger charge is -2.26. The van der Waals surface area contributed by atoms with Gasteiger partial charge in [-0.25, -0.2) is 4.98 Å². The number of anilines is 2. The number of thioether (sulfide) groups is 1. The Hall–Kier alpha value is -2.07. The maximum absolute atomic E-state index is 6.22. The third-order valence-electron chi connectivity index (χ3n) is 3.99. The zero-order valence-electron chi connectivity index (χ0n) is 14.6. The Labute approximate surface area is 175 Å². The summed E-state index contributed by atoms with van der Waals surface area (Å²) in [6, 6.07) is 5.18. The van der Waals surface area contributed by atoms with Crippen LogP contribution in [-0.4, -0.2) is 46.2 Å². The van der Waals surface area contributed by atoms with Crippen molar-refractivity contribution >= 4 is 46.9 Å². The molecule has 1 aliphatic rings. The first-order valence-corrected chi connectivity index (χ1v) is 10.2. The maximum atomic E-state index is 6.22. The second kappa shape index (κ2) is 8.52. The van der Waals surface area contributed by atoms with Crippen LogP contribution < -0.4 is 10.6 Å². The SMILES string of the molecule is Nc1nc(SCc2ncc(-c3cc(Cl)ccc3Cl)o2)nc(N2CCOCC2)n1. The summed E-state index contributed by atoms with van der Waals surface area (Å²) in [5.41, 5.74) is 6.54. The Morgan fingerprint density at radius 2 is 1.96 bits per heavy atom. The highest BCUT2D eigenvalue weighted by Crippen LogP contribution is 2.32. The lowest BCUT2D eigenvalue weighted by molar-refractivity contribution is 0.122. The van der Waals surface area contributed by atoms with Crippen molar-refractivity contribution in [3.63, 3.8) is 0 Å². The number of halogens is 2. The van der Waals surface area contributed by atoms with Crippen LogP contribution in [0.25, 0.3) is 11.3 Å². The normalized spacial score (nSPS) is 14.4. The predicted octanol–water partition coefficient (Wildman–Crippen LogP) is 3.54. The van der Waals surface area contributed by atoms with Crippen LogP contribution in [0.5, 0.6) is 0 Å². The molecule has 1 aromatic carbocycles. The number of aromatic nitrogens is 4. The molecule has 0 amide bonds. The molecule has 2 aromatic heterocycles. The quantitative estimate of drug-likeness (QED) is 0.598. The van der Waals surface area contributed by atoms with E-state index in [0.717, 1.165) is 13.1 Å². The Morgan fingerprint density at radius 1 is 1.14 bits per heavy atom. The van der Waals surface area contributed by atoms with E-state index >= 15 is 0 Å². The molecule has 1 saturated heterocycles. The van der Waals surface area contributed by atoms with E-state index in [0.29, 0.717) is 57.3 Å². The first kappa shape index (κ1) is 19.3. The third-order valence-corrected chi connectivity index (χ3v) is 5.38. The number of ether oxygens (including phenoxy) is 1. The number of oxazole rings is 1. The fourth-order valence-corrected chi connectivity index (χ4v) is 3.72. The van der Waals surface area contributed by atoms with Gasteiger partial charge in [0.1, 0.15) is 0 Å². The van der Waals surface area contributed by atoms with Gasteiger partial charge in [-0.05, 0) is 18.2 Å². The minimum atomic E-state index is 0.179. The molecule has 2 N–H and O–H groups in total. The van der Waals surface area contributed by atoms with Gasteiger partial charge in [0.15, 0.2) is 10.9 Å². The second-order valence-corrected chi connectivity index (χ2v) is 7.69. The van der Waals surface area contributed by atoms with Crippen molar-refractivity contribution < 1.29 is 9.15 Å². The Bertz CT molecular complexity index is 980. The van der Waals surface area contributed by atoms with E-state index in [-0.39, 0.29) is 5.95 Å². The van der Waals surface area contributed by atoms with Gasteiger partial charge < -0.3 is 19.8 Å². The van der Waals surface area contributed by atoms with Crippen LogP contribution in [0.3, 0.4) is 0 Å². The van der Waals surface area contributed by atoms with E-state index in [1.54, 1.807) is 24.4 Å². The van der Waals surface area contributed by atoms with E-state index in [1.165, 1.54) is 11.8 Å². The van der Waals surface area contributed by atoms with Crippen molar-refractivity contribution in [1.82, 2.24) is 19.9 Å². The summed E-state index contributed by atoms with van der Waals surface area (Å²) in [6.45, 7) is 2.71. The summed E-state index contributed by atoms with van der Waals surface area (Å²) in [5, 5.41) is 1.62. The first-order chi connectivity index (χ1) is 13.6. The summed E-state index contributed by atoms with van der Waals surface area (Å²) in [7, 11) is 0. The number of nitrogens with zero attached hydrogens (tertiary/aromatic N) is 5. The molecule has 0 bridgehead atoms. The number of benzene rings is 1. The summed E-state index contributed by atoms with van der Waals surface area (Å²) >= 11 is 13.6. The number of nitrogens with two attached hydrogens (primary N) is 1. The zero-order chi connectivity index (χ0) is 19.5. The summed E-state index contributed by atoms with van der Waals surface area (Å²) in [4.78, 5) is 19.2. The molecule has 3 heterocycles. The number of rotatable bonds is 5. The molecule has 0 radical (unpaired) electrons. The summed E-state index contributed by atoms with van der Waals surface area (Å²) in [6.07, 6.45) is 1.62. The number of hydrogen-bond acceptors (Lipinski definition) is 9. The first-order valence-electron chi connectivity index (χ1n) is 8.45. The molecule has 0 aliphatic carbocycles. The highest BCUT2D eigenvalue weighted by atomic mass is 35.5. The van der Waals surface area contributed by atoms with E-state index in [1.807, 2.05) is 4.90 Å². The van der Waals surface area contributed by atoms with Gasteiger partial charge in [-0.15, -0.1) is 0 Å². The molecule has 146 valence electrons. The van der Waals surface area contributed by atoms with Gasteiger partial charge in [-0.1, -0.05) is 35.0 Å². The smallest absolute Gasteiger partial charge is 0.231 e. The lowest BCUT2D eigenvalue weighted by Crippen LogP contribution is -2.37. The minimum Gasteiger partial charge on any atom is -0.440 e. The van der Waals surface area contributed by atoms with Crippen molar-refractivity contribution in [2.75, 3.05) is 36.9 Å². The Balaban J connectivity index is 1.47. The molecule has 0 saturated carbocycles. The molecule has 0 unspecified atom stereocenters. The monoisotopic (exact) mass is 438 g/mol. The third kappa shape index (κ3) is 4.49. The molecule has 4 rings (SSSR count). The zero-order valence-corrected chi connectivity index (χ0v) is 17.0. The fraction of sp³-hybridized carbons (Fsp3) is 0.294. The fourth-order valence-electron chi connectivity index (χ4n) is 2.64. The van der Waals surface area contributed by atoms with Crippen LogP contribution >= 0.6 is 35.0 Å². The van der Waals surface area contributed by atoms with Gasteiger partial charge in [0.25, 0.3) is 0 Å². The number of nitrogen functional groups attached to an aromatic ring is 1. The molecule has 0 spiro atoms. The second-order valence-electron chi connectivity index (χ2n) is 5.91. The molecular weight excluding hydrogens is 423 g/mol. The molecule has 8 nitrogen and oxygen atoms in total. The van der Waals surface area contributed by atoms with E-state index < -0.39 is 0 Å².